The van der Waals surface area contributed by atoms with Crippen molar-refractivity contribution in [2.75, 3.05) is 31.1 Å². The van der Waals surface area contributed by atoms with Gasteiger partial charge < -0.3 is 14.2 Å². The van der Waals surface area contributed by atoms with E-state index in [2.05, 4.69) is 36.9 Å². The first-order chi connectivity index (χ1) is 10.7. The maximum atomic E-state index is 12.3. The average Bonchev–Trinajstić information content (AvgIpc) is 3.08. The molecule has 4 nitrogen and oxygen atoms in total. The summed E-state index contributed by atoms with van der Waals surface area (Å²) in [6.45, 7) is 7.55. The summed E-state index contributed by atoms with van der Waals surface area (Å²) in [6, 6.07) is 9.96. The number of benzene rings is 1. The van der Waals surface area contributed by atoms with Gasteiger partial charge in [-0.1, -0.05) is 25.1 Å². The summed E-state index contributed by atoms with van der Waals surface area (Å²) >= 11 is 0. The van der Waals surface area contributed by atoms with Gasteiger partial charge in [-0.3, -0.25) is 4.79 Å². The van der Waals surface area contributed by atoms with Crippen LogP contribution in [0, 0.1) is 6.92 Å². The summed E-state index contributed by atoms with van der Waals surface area (Å²) in [5.74, 6) is 0.420. The standard InChI is InChI=1S/C18H22N2O2/c1-3-15-7-4-6-14(2)17(15)19-9-11-20(12-10-19)18(21)16-8-5-13-22-16/h4-8,13H,3,9-12H2,1-2H3. The Hall–Kier alpha value is -2.23. The van der Waals surface area contributed by atoms with Crippen LogP contribution in [0.1, 0.15) is 28.6 Å². The van der Waals surface area contributed by atoms with Crippen molar-refractivity contribution in [1.82, 2.24) is 4.90 Å². The molecule has 116 valence electrons. The Labute approximate surface area is 131 Å². The van der Waals surface area contributed by atoms with Gasteiger partial charge in [0.25, 0.3) is 5.91 Å². The first kappa shape index (κ1) is 14.7. The molecule has 4 heteroatoms. The van der Waals surface area contributed by atoms with E-state index in [0.29, 0.717) is 5.76 Å². The molecule has 1 saturated heterocycles. The maximum absolute atomic E-state index is 12.3. The summed E-state index contributed by atoms with van der Waals surface area (Å²) in [5, 5.41) is 0. The summed E-state index contributed by atoms with van der Waals surface area (Å²) in [6.07, 6.45) is 2.58. The zero-order valence-electron chi connectivity index (χ0n) is 13.2. The van der Waals surface area contributed by atoms with Crippen molar-refractivity contribution in [1.29, 1.82) is 0 Å². The number of carbonyl (C=O) groups is 1. The molecule has 0 bridgehead atoms. The Kier molecular flexibility index (Phi) is 4.18. The molecule has 1 fully saturated rings. The lowest BCUT2D eigenvalue weighted by molar-refractivity contribution is 0.0714. The average molecular weight is 298 g/mol. The van der Waals surface area contributed by atoms with Crippen LogP contribution in [-0.4, -0.2) is 37.0 Å². The van der Waals surface area contributed by atoms with Crippen LogP contribution >= 0.6 is 0 Å². The van der Waals surface area contributed by atoms with Gasteiger partial charge in [0.2, 0.25) is 0 Å². The van der Waals surface area contributed by atoms with Crippen LogP contribution < -0.4 is 4.90 Å². The van der Waals surface area contributed by atoms with E-state index in [9.17, 15) is 4.79 Å². The zero-order valence-corrected chi connectivity index (χ0v) is 13.2. The Bertz CT molecular complexity index is 641. The zero-order chi connectivity index (χ0) is 15.5. The van der Waals surface area contributed by atoms with Gasteiger partial charge in [-0.15, -0.1) is 0 Å². The molecule has 1 aliphatic heterocycles. The normalized spacial score (nSPS) is 15.2. The van der Waals surface area contributed by atoms with Gasteiger partial charge >= 0.3 is 0 Å². The van der Waals surface area contributed by atoms with Gasteiger partial charge in [0.05, 0.1) is 6.26 Å². The van der Waals surface area contributed by atoms with Crippen LogP contribution in [0.15, 0.2) is 41.0 Å². The fourth-order valence-electron chi connectivity index (χ4n) is 3.15. The molecular formula is C18H22N2O2. The number of amides is 1. The van der Waals surface area contributed by atoms with Crippen molar-refractivity contribution in [3.05, 3.63) is 53.5 Å². The maximum Gasteiger partial charge on any atom is 0.289 e. The highest BCUT2D eigenvalue weighted by Gasteiger charge is 2.25. The molecule has 1 aromatic heterocycles. The molecule has 0 radical (unpaired) electrons. The molecule has 0 N–H and O–H groups in total. The Morgan fingerprint density at radius 1 is 1.14 bits per heavy atom. The highest BCUT2D eigenvalue weighted by molar-refractivity contribution is 5.91. The second-order valence-electron chi connectivity index (χ2n) is 5.69. The number of para-hydroxylation sites is 1. The largest absolute Gasteiger partial charge is 0.459 e. The van der Waals surface area contributed by atoms with Gasteiger partial charge in [0.1, 0.15) is 0 Å². The third-order valence-corrected chi connectivity index (χ3v) is 4.32. The number of anilines is 1. The summed E-state index contributed by atoms with van der Waals surface area (Å²) < 4.78 is 5.21. The third kappa shape index (κ3) is 2.73. The lowest BCUT2D eigenvalue weighted by Gasteiger charge is -2.37. The first-order valence-electron chi connectivity index (χ1n) is 7.87. The molecular weight excluding hydrogens is 276 g/mol. The van der Waals surface area contributed by atoms with Crippen LogP contribution in [-0.2, 0) is 6.42 Å². The number of piperazine rings is 1. The molecule has 0 unspecified atom stereocenters. The van der Waals surface area contributed by atoms with E-state index in [-0.39, 0.29) is 5.91 Å². The number of aryl methyl sites for hydroxylation is 2. The van der Waals surface area contributed by atoms with Crippen molar-refractivity contribution in [3.63, 3.8) is 0 Å². The molecule has 0 aliphatic carbocycles. The van der Waals surface area contributed by atoms with Gasteiger partial charge in [-0.05, 0) is 36.6 Å². The SMILES string of the molecule is CCc1cccc(C)c1N1CCN(C(=O)c2ccco2)CC1. The first-order valence-corrected chi connectivity index (χ1v) is 7.87. The number of carbonyl (C=O) groups excluding carboxylic acids is 1. The van der Waals surface area contributed by atoms with E-state index in [0.717, 1.165) is 32.6 Å². The number of hydrogen-bond acceptors (Lipinski definition) is 3. The predicted molar refractivity (Wildman–Crippen MR) is 87.4 cm³/mol. The molecule has 0 saturated carbocycles. The summed E-state index contributed by atoms with van der Waals surface area (Å²) in [7, 11) is 0. The Morgan fingerprint density at radius 3 is 2.55 bits per heavy atom. The van der Waals surface area contributed by atoms with Crippen LogP contribution in [0.25, 0.3) is 0 Å². The molecule has 2 heterocycles. The number of furan rings is 1. The highest BCUT2D eigenvalue weighted by Crippen LogP contribution is 2.27. The van der Waals surface area contributed by atoms with E-state index in [1.54, 1.807) is 18.4 Å². The van der Waals surface area contributed by atoms with Crippen molar-refractivity contribution in [3.8, 4) is 0 Å². The van der Waals surface area contributed by atoms with E-state index in [1.165, 1.54) is 16.8 Å². The van der Waals surface area contributed by atoms with Gasteiger partial charge in [0.15, 0.2) is 5.76 Å². The van der Waals surface area contributed by atoms with Crippen molar-refractivity contribution in [2.24, 2.45) is 0 Å². The minimum atomic E-state index is -0.00912. The monoisotopic (exact) mass is 298 g/mol. The Balaban J connectivity index is 1.71. The number of hydrogen-bond donors (Lipinski definition) is 0. The predicted octanol–water partition coefficient (Wildman–Crippen LogP) is 3.11. The second kappa shape index (κ2) is 6.26. The fraction of sp³-hybridized carbons (Fsp3) is 0.389. The molecule has 0 spiro atoms. The highest BCUT2D eigenvalue weighted by atomic mass is 16.3. The quantitative estimate of drug-likeness (QED) is 0.873. The smallest absolute Gasteiger partial charge is 0.289 e. The van der Waals surface area contributed by atoms with Crippen molar-refractivity contribution >= 4 is 11.6 Å². The molecule has 2 aromatic rings. The van der Waals surface area contributed by atoms with Gasteiger partial charge in [-0.2, -0.15) is 0 Å². The summed E-state index contributed by atoms with van der Waals surface area (Å²) in [5.41, 5.74) is 4.03. The lowest BCUT2D eigenvalue weighted by atomic mass is 10.0. The van der Waals surface area contributed by atoms with E-state index in [4.69, 9.17) is 4.42 Å². The van der Waals surface area contributed by atoms with Crippen LogP contribution in [0.3, 0.4) is 0 Å². The van der Waals surface area contributed by atoms with E-state index >= 15 is 0 Å². The van der Waals surface area contributed by atoms with Crippen LogP contribution in [0.4, 0.5) is 5.69 Å². The second-order valence-corrected chi connectivity index (χ2v) is 5.69. The molecule has 1 aliphatic rings. The van der Waals surface area contributed by atoms with Crippen LogP contribution in [0.2, 0.25) is 0 Å². The fourth-order valence-corrected chi connectivity index (χ4v) is 3.15. The minimum Gasteiger partial charge on any atom is -0.459 e. The molecule has 1 amide bonds. The van der Waals surface area contributed by atoms with Gasteiger partial charge in [0, 0.05) is 31.9 Å². The van der Waals surface area contributed by atoms with Crippen molar-refractivity contribution in [2.45, 2.75) is 20.3 Å². The third-order valence-electron chi connectivity index (χ3n) is 4.32. The molecule has 3 rings (SSSR count). The minimum absolute atomic E-state index is 0.00912. The van der Waals surface area contributed by atoms with Crippen LogP contribution in [0.5, 0.6) is 0 Å². The van der Waals surface area contributed by atoms with E-state index < -0.39 is 0 Å². The summed E-state index contributed by atoms with van der Waals surface area (Å²) in [4.78, 5) is 16.6. The topological polar surface area (TPSA) is 36.7 Å². The van der Waals surface area contributed by atoms with Gasteiger partial charge in [-0.25, -0.2) is 0 Å². The Morgan fingerprint density at radius 2 is 1.91 bits per heavy atom. The molecule has 22 heavy (non-hydrogen) atoms. The van der Waals surface area contributed by atoms with Crippen molar-refractivity contribution < 1.29 is 9.21 Å². The van der Waals surface area contributed by atoms with E-state index in [1.807, 2.05) is 4.90 Å². The number of nitrogens with zero attached hydrogens (tertiary/aromatic N) is 2. The molecule has 0 atom stereocenters. The number of rotatable bonds is 3. The lowest BCUT2D eigenvalue weighted by Crippen LogP contribution is -2.49. The molecule has 1 aromatic carbocycles.